The Morgan fingerprint density at radius 1 is 1.08 bits per heavy atom. The van der Waals surface area contributed by atoms with Gasteiger partial charge in [-0.2, -0.15) is 0 Å². The fourth-order valence-corrected chi connectivity index (χ4v) is 4.46. The molecule has 1 heterocycles. The van der Waals surface area contributed by atoms with E-state index in [1.165, 1.54) is 38.5 Å². The quantitative estimate of drug-likeness (QED) is 0.596. The molecular formula is C18H32F2N4. The number of hydrogen-bond acceptors (Lipinski definition) is 2. The second kappa shape index (κ2) is 8.45. The lowest BCUT2D eigenvalue weighted by Crippen LogP contribution is -2.50. The largest absolute Gasteiger partial charge is 0.354 e. The van der Waals surface area contributed by atoms with Crippen molar-refractivity contribution >= 4 is 5.96 Å². The first-order valence-corrected chi connectivity index (χ1v) is 9.66. The van der Waals surface area contributed by atoms with Crippen LogP contribution >= 0.6 is 0 Å². The third-order valence-electron chi connectivity index (χ3n) is 5.97. The molecule has 0 aromatic rings. The molecule has 3 aliphatic rings. The fraction of sp³-hybridized carbons (Fsp3) is 0.944. The minimum atomic E-state index is -2.23. The summed E-state index contributed by atoms with van der Waals surface area (Å²) >= 11 is 0. The zero-order valence-corrected chi connectivity index (χ0v) is 14.8. The standard InChI is InChI=1S/C18H32F2N4/c1-21-18(22-14-7-9-24(10-8-14)12-17(19)20)23-16-11-15(16)13-5-3-2-4-6-13/h13-17H,2-12H2,1H3,(H2,21,22,23). The molecule has 6 heteroatoms. The van der Waals surface area contributed by atoms with E-state index in [0.29, 0.717) is 12.1 Å². The predicted octanol–water partition coefficient (Wildman–Crippen LogP) is 2.85. The van der Waals surface area contributed by atoms with Gasteiger partial charge in [0.2, 0.25) is 0 Å². The highest BCUT2D eigenvalue weighted by atomic mass is 19.3. The maximum atomic E-state index is 12.4. The first-order chi connectivity index (χ1) is 11.7. The molecule has 0 aromatic heterocycles. The van der Waals surface area contributed by atoms with Gasteiger partial charge in [0.1, 0.15) is 0 Å². The summed E-state index contributed by atoms with van der Waals surface area (Å²) in [5, 5.41) is 7.08. The summed E-state index contributed by atoms with van der Waals surface area (Å²) in [4.78, 5) is 6.23. The third-order valence-corrected chi connectivity index (χ3v) is 5.97. The van der Waals surface area contributed by atoms with E-state index in [2.05, 4.69) is 15.6 Å². The second-order valence-electron chi connectivity index (χ2n) is 7.73. The number of piperidine rings is 1. The van der Waals surface area contributed by atoms with Crippen molar-refractivity contribution in [2.75, 3.05) is 26.7 Å². The fourth-order valence-electron chi connectivity index (χ4n) is 4.46. The van der Waals surface area contributed by atoms with E-state index in [9.17, 15) is 8.78 Å². The van der Waals surface area contributed by atoms with Crippen molar-refractivity contribution in [1.82, 2.24) is 15.5 Å². The van der Waals surface area contributed by atoms with E-state index < -0.39 is 6.43 Å². The highest BCUT2D eigenvalue weighted by Crippen LogP contribution is 2.44. The van der Waals surface area contributed by atoms with Crippen LogP contribution in [-0.4, -0.2) is 56.1 Å². The van der Waals surface area contributed by atoms with Gasteiger partial charge < -0.3 is 10.6 Å². The highest BCUT2D eigenvalue weighted by Gasteiger charge is 2.43. The summed E-state index contributed by atoms with van der Waals surface area (Å²) < 4.78 is 24.9. The maximum absolute atomic E-state index is 12.4. The number of rotatable bonds is 5. The van der Waals surface area contributed by atoms with Gasteiger partial charge in [-0.1, -0.05) is 32.1 Å². The first kappa shape index (κ1) is 17.9. The van der Waals surface area contributed by atoms with Gasteiger partial charge in [0.05, 0.1) is 6.54 Å². The van der Waals surface area contributed by atoms with Crippen LogP contribution in [0.1, 0.15) is 51.4 Å². The van der Waals surface area contributed by atoms with Crippen LogP contribution < -0.4 is 10.6 Å². The van der Waals surface area contributed by atoms with Crippen LogP contribution in [0.25, 0.3) is 0 Å². The molecule has 3 fully saturated rings. The van der Waals surface area contributed by atoms with Gasteiger partial charge in [-0.3, -0.25) is 9.89 Å². The molecule has 2 unspecified atom stereocenters. The number of guanidine groups is 1. The molecule has 0 aromatic carbocycles. The smallest absolute Gasteiger partial charge is 0.251 e. The summed E-state index contributed by atoms with van der Waals surface area (Å²) in [6.45, 7) is 1.39. The number of nitrogens with one attached hydrogen (secondary N) is 2. The van der Waals surface area contributed by atoms with Gasteiger partial charge in [-0.05, 0) is 31.1 Å². The zero-order chi connectivity index (χ0) is 16.9. The molecule has 2 N–H and O–H groups in total. The van der Waals surface area contributed by atoms with E-state index in [-0.39, 0.29) is 6.54 Å². The number of halogens is 2. The normalized spacial score (nSPS) is 30.6. The van der Waals surface area contributed by atoms with Crippen LogP contribution in [0.4, 0.5) is 8.78 Å². The second-order valence-corrected chi connectivity index (χ2v) is 7.73. The number of likely N-dealkylation sites (tertiary alicyclic amines) is 1. The Balaban J connectivity index is 1.37. The summed E-state index contributed by atoms with van der Waals surface area (Å²) in [7, 11) is 1.82. The molecule has 2 saturated carbocycles. The van der Waals surface area contributed by atoms with Crippen LogP contribution in [-0.2, 0) is 0 Å². The summed E-state index contributed by atoms with van der Waals surface area (Å²) in [6.07, 6.45) is 7.88. The molecule has 4 nitrogen and oxygen atoms in total. The maximum Gasteiger partial charge on any atom is 0.251 e. The van der Waals surface area contributed by atoms with Gasteiger partial charge in [-0.15, -0.1) is 0 Å². The van der Waals surface area contributed by atoms with Gasteiger partial charge in [0, 0.05) is 32.2 Å². The Morgan fingerprint density at radius 3 is 2.42 bits per heavy atom. The van der Waals surface area contributed by atoms with Crippen molar-refractivity contribution in [3.63, 3.8) is 0 Å². The minimum absolute atomic E-state index is 0.0924. The van der Waals surface area contributed by atoms with E-state index in [1.54, 1.807) is 0 Å². The van der Waals surface area contributed by atoms with Gasteiger partial charge >= 0.3 is 0 Å². The predicted molar refractivity (Wildman–Crippen MR) is 93.6 cm³/mol. The van der Waals surface area contributed by atoms with Crippen LogP contribution in [0.3, 0.4) is 0 Å². The topological polar surface area (TPSA) is 39.7 Å². The van der Waals surface area contributed by atoms with Crippen molar-refractivity contribution in [1.29, 1.82) is 0 Å². The molecule has 3 rings (SSSR count). The molecule has 0 spiro atoms. The van der Waals surface area contributed by atoms with Crippen LogP contribution in [0.15, 0.2) is 4.99 Å². The molecule has 2 aliphatic carbocycles. The molecular weight excluding hydrogens is 310 g/mol. The highest BCUT2D eigenvalue weighted by molar-refractivity contribution is 5.80. The molecule has 1 saturated heterocycles. The molecule has 0 radical (unpaired) electrons. The van der Waals surface area contributed by atoms with E-state index in [0.717, 1.165) is 43.7 Å². The molecule has 0 bridgehead atoms. The van der Waals surface area contributed by atoms with Crippen LogP contribution in [0, 0.1) is 11.8 Å². The molecule has 24 heavy (non-hydrogen) atoms. The van der Waals surface area contributed by atoms with Crippen molar-refractivity contribution < 1.29 is 8.78 Å². The Labute approximate surface area is 144 Å². The minimum Gasteiger partial charge on any atom is -0.354 e. The lowest BCUT2D eigenvalue weighted by molar-refractivity contribution is 0.0744. The average Bonchev–Trinajstić information content (AvgIpc) is 3.35. The monoisotopic (exact) mass is 342 g/mol. The zero-order valence-electron chi connectivity index (χ0n) is 14.8. The van der Waals surface area contributed by atoms with E-state index in [1.807, 2.05) is 11.9 Å². The van der Waals surface area contributed by atoms with E-state index >= 15 is 0 Å². The van der Waals surface area contributed by atoms with Crippen molar-refractivity contribution in [3.05, 3.63) is 0 Å². The average molecular weight is 342 g/mol. The first-order valence-electron chi connectivity index (χ1n) is 9.66. The van der Waals surface area contributed by atoms with Crippen molar-refractivity contribution in [2.45, 2.75) is 69.9 Å². The van der Waals surface area contributed by atoms with Crippen molar-refractivity contribution in [2.24, 2.45) is 16.8 Å². The molecule has 1 aliphatic heterocycles. The molecule has 2 atom stereocenters. The van der Waals surface area contributed by atoms with Crippen LogP contribution in [0.2, 0.25) is 0 Å². The van der Waals surface area contributed by atoms with Gasteiger partial charge in [0.25, 0.3) is 6.43 Å². The molecule has 0 amide bonds. The number of aliphatic imine (C=N–C) groups is 1. The lowest BCUT2D eigenvalue weighted by Gasteiger charge is -2.32. The Hall–Kier alpha value is -0.910. The van der Waals surface area contributed by atoms with Crippen molar-refractivity contribution in [3.8, 4) is 0 Å². The van der Waals surface area contributed by atoms with Crippen LogP contribution in [0.5, 0.6) is 0 Å². The van der Waals surface area contributed by atoms with Gasteiger partial charge in [-0.25, -0.2) is 8.78 Å². The van der Waals surface area contributed by atoms with Gasteiger partial charge in [0.15, 0.2) is 5.96 Å². The third kappa shape index (κ3) is 5.04. The Morgan fingerprint density at radius 2 is 1.79 bits per heavy atom. The SMILES string of the molecule is CN=C(NC1CCN(CC(F)F)CC1)NC1CC1C1CCCCC1. The van der Waals surface area contributed by atoms with E-state index in [4.69, 9.17) is 0 Å². The summed E-state index contributed by atoms with van der Waals surface area (Å²) in [5.41, 5.74) is 0. The molecule has 138 valence electrons. The number of nitrogens with zero attached hydrogens (tertiary/aromatic N) is 2. The summed E-state index contributed by atoms with van der Waals surface area (Å²) in [6, 6.07) is 0.926. The Kier molecular flexibility index (Phi) is 6.31. The number of hydrogen-bond donors (Lipinski definition) is 2. The lowest BCUT2D eigenvalue weighted by atomic mass is 9.85. The summed E-state index contributed by atoms with van der Waals surface area (Å²) in [5.74, 6) is 2.63. The number of alkyl halides is 2. The Bertz CT molecular complexity index is 415.